The molecule has 0 aromatic heterocycles. The van der Waals surface area contributed by atoms with Crippen LogP contribution in [0, 0.1) is 20.8 Å². The van der Waals surface area contributed by atoms with Gasteiger partial charge in [-0.05, 0) is 69.5 Å². The molecule has 2 amide bonds. The van der Waals surface area contributed by atoms with Gasteiger partial charge in [0.15, 0.2) is 0 Å². The maximum absolute atomic E-state index is 12.8. The van der Waals surface area contributed by atoms with Crippen molar-refractivity contribution in [3.05, 3.63) is 22.8 Å². The third-order valence-electron chi connectivity index (χ3n) is 6.51. The van der Waals surface area contributed by atoms with Crippen molar-refractivity contribution in [1.29, 1.82) is 0 Å². The number of aromatic hydroxyl groups is 1. The van der Waals surface area contributed by atoms with Gasteiger partial charge in [0.2, 0.25) is 11.8 Å². The van der Waals surface area contributed by atoms with Crippen molar-refractivity contribution in [2.24, 2.45) is 0 Å². The van der Waals surface area contributed by atoms with E-state index in [1.54, 1.807) is 31.8 Å². The summed E-state index contributed by atoms with van der Waals surface area (Å²) >= 11 is 1.67. The average Bonchev–Trinajstić information content (AvgIpc) is 2.79. The lowest BCUT2D eigenvalue weighted by molar-refractivity contribution is -0.128. The molecule has 0 atom stereocenters. The van der Waals surface area contributed by atoms with Gasteiger partial charge >= 0.3 is 0 Å². The van der Waals surface area contributed by atoms with Crippen LogP contribution in [0.1, 0.15) is 102 Å². The summed E-state index contributed by atoms with van der Waals surface area (Å²) in [6.07, 6.45) is 13.1. The molecule has 1 aromatic rings. The SMILES string of the molecule is CCCCCCCCCCCCSC(C)(C)C(=O)NN(C)CC(=O)Nc1cc(C)c(O)c(C)c1C. The van der Waals surface area contributed by atoms with Crippen LogP contribution in [0.2, 0.25) is 0 Å². The first-order valence-electron chi connectivity index (χ1n) is 13.2. The molecule has 1 aromatic carbocycles. The van der Waals surface area contributed by atoms with Crippen LogP contribution in [-0.2, 0) is 9.59 Å². The van der Waals surface area contributed by atoms with Crippen LogP contribution < -0.4 is 10.7 Å². The molecule has 7 heteroatoms. The van der Waals surface area contributed by atoms with Gasteiger partial charge in [0.05, 0.1) is 11.3 Å². The lowest BCUT2D eigenvalue weighted by Gasteiger charge is -2.27. The predicted octanol–water partition coefficient (Wildman–Crippen LogP) is 6.65. The first-order valence-corrected chi connectivity index (χ1v) is 14.2. The lowest BCUT2D eigenvalue weighted by atomic mass is 10.0. The summed E-state index contributed by atoms with van der Waals surface area (Å²) in [5, 5.41) is 14.5. The Morgan fingerprint density at radius 1 is 0.943 bits per heavy atom. The van der Waals surface area contributed by atoms with E-state index in [9.17, 15) is 14.7 Å². The number of phenols is 1. The third kappa shape index (κ3) is 11.7. The average molecular weight is 508 g/mol. The third-order valence-corrected chi connectivity index (χ3v) is 7.91. The van der Waals surface area contributed by atoms with Crippen LogP contribution in [0.25, 0.3) is 0 Å². The van der Waals surface area contributed by atoms with Crippen molar-refractivity contribution >= 4 is 29.3 Å². The van der Waals surface area contributed by atoms with Gasteiger partial charge in [-0.1, -0.05) is 64.7 Å². The second-order valence-corrected chi connectivity index (χ2v) is 11.9. The Kier molecular flexibility index (Phi) is 14.4. The van der Waals surface area contributed by atoms with Gasteiger partial charge < -0.3 is 10.4 Å². The Morgan fingerprint density at radius 3 is 2.06 bits per heavy atom. The number of nitrogens with zero attached hydrogens (tertiary/aromatic N) is 1. The summed E-state index contributed by atoms with van der Waals surface area (Å²) in [6, 6.07) is 1.77. The summed E-state index contributed by atoms with van der Waals surface area (Å²) in [4.78, 5) is 25.3. The number of aryl methyl sites for hydroxylation is 1. The molecule has 0 aliphatic carbocycles. The molecule has 0 aliphatic heterocycles. The van der Waals surface area contributed by atoms with E-state index < -0.39 is 4.75 Å². The number of likely N-dealkylation sites (N-methyl/N-ethyl adjacent to an activating group) is 1. The highest BCUT2D eigenvalue weighted by Crippen LogP contribution is 2.30. The van der Waals surface area contributed by atoms with Crippen LogP contribution in [0.15, 0.2) is 6.07 Å². The van der Waals surface area contributed by atoms with Crippen LogP contribution in [0.3, 0.4) is 0 Å². The van der Waals surface area contributed by atoms with E-state index in [4.69, 9.17) is 0 Å². The molecular weight excluding hydrogens is 458 g/mol. The molecule has 0 saturated carbocycles. The maximum Gasteiger partial charge on any atom is 0.249 e. The number of hydrogen-bond acceptors (Lipinski definition) is 5. The highest BCUT2D eigenvalue weighted by atomic mass is 32.2. The van der Waals surface area contributed by atoms with E-state index in [0.29, 0.717) is 11.3 Å². The quantitative estimate of drug-likeness (QED) is 0.125. The van der Waals surface area contributed by atoms with Crippen LogP contribution in [-0.4, -0.2) is 46.0 Å². The second-order valence-electron chi connectivity index (χ2n) is 10.2. The topological polar surface area (TPSA) is 81.7 Å². The van der Waals surface area contributed by atoms with E-state index >= 15 is 0 Å². The van der Waals surface area contributed by atoms with E-state index in [-0.39, 0.29) is 24.1 Å². The van der Waals surface area contributed by atoms with Gasteiger partial charge in [0, 0.05) is 12.7 Å². The zero-order valence-corrected chi connectivity index (χ0v) is 24.0. The monoisotopic (exact) mass is 507 g/mol. The minimum Gasteiger partial charge on any atom is -0.507 e. The first-order chi connectivity index (χ1) is 16.5. The molecule has 0 heterocycles. The van der Waals surface area contributed by atoms with Crippen molar-refractivity contribution in [3.63, 3.8) is 0 Å². The number of hydrogen-bond donors (Lipinski definition) is 3. The Labute approximate surface area is 218 Å². The molecule has 35 heavy (non-hydrogen) atoms. The fourth-order valence-electron chi connectivity index (χ4n) is 3.93. The van der Waals surface area contributed by atoms with Crippen LogP contribution in [0.4, 0.5) is 5.69 Å². The van der Waals surface area contributed by atoms with E-state index in [2.05, 4.69) is 17.7 Å². The number of hydrazine groups is 1. The molecule has 0 radical (unpaired) electrons. The fraction of sp³-hybridized carbons (Fsp3) is 0.714. The number of benzene rings is 1. The highest BCUT2D eigenvalue weighted by Gasteiger charge is 2.29. The molecule has 0 bridgehead atoms. The van der Waals surface area contributed by atoms with Crippen molar-refractivity contribution in [2.45, 2.75) is 110 Å². The van der Waals surface area contributed by atoms with Crippen LogP contribution >= 0.6 is 11.8 Å². The number of rotatable bonds is 17. The number of phenolic OH excluding ortho intramolecular Hbond substituents is 1. The van der Waals surface area contributed by atoms with Gasteiger partial charge in [-0.2, -0.15) is 0 Å². The standard InChI is InChI=1S/C28H49N3O3S/c1-8-9-10-11-12-13-14-15-16-17-18-35-28(5,6)27(34)30-31(7)20-25(32)29-24-19-21(2)26(33)23(4)22(24)3/h19,33H,8-18,20H2,1-7H3,(H,29,32)(H,30,34). The normalized spacial score (nSPS) is 11.7. The largest absolute Gasteiger partial charge is 0.507 e. The van der Waals surface area contributed by atoms with Gasteiger partial charge in [0.25, 0.3) is 0 Å². The minimum absolute atomic E-state index is 0.0311. The summed E-state index contributed by atoms with van der Waals surface area (Å²) in [5.74, 6) is 0.885. The van der Waals surface area contributed by atoms with Gasteiger partial charge in [-0.15, -0.1) is 11.8 Å². The smallest absolute Gasteiger partial charge is 0.249 e. The number of carbonyl (C=O) groups excluding carboxylic acids is 2. The Morgan fingerprint density at radius 2 is 1.49 bits per heavy atom. The molecule has 0 fully saturated rings. The zero-order chi connectivity index (χ0) is 26.4. The summed E-state index contributed by atoms with van der Waals surface area (Å²) < 4.78 is -0.564. The van der Waals surface area contributed by atoms with Gasteiger partial charge in [-0.25, -0.2) is 5.01 Å². The molecule has 0 unspecified atom stereocenters. The molecule has 1 rings (SSSR count). The summed E-state index contributed by atoms with van der Waals surface area (Å²) in [6.45, 7) is 11.6. The zero-order valence-electron chi connectivity index (χ0n) is 23.2. The predicted molar refractivity (Wildman–Crippen MR) is 150 cm³/mol. The molecule has 0 aliphatic rings. The van der Waals surface area contributed by atoms with Crippen LogP contribution in [0.5, 0.6) is 5.75 Å². The fourth-order valence-corrected chi connectivity index (χ4v) is 4.97. The van der Waals surface area contributed by atoms with Crippen molar-refractivity contribution < 1.29 is 14.7 Å². The number of thioether (sulfide) groups is 1. The highest BCUT2D eigenvalue weighted by molar-refractivity contribution is 8.01. The number of carbonyl (C=O) groups is 2. The Balaban J connectivity index is 2.31. The maximum atomic E-state index is 12.8. The lowest BCUT2D eigenvalue weighted by Crippen LogP contribution is -2.50. The van der Waals surface area contributed by atoms with Gasteiger partial charge in [0.1, 0.15) is 5.75 Å². The molecule has 0 spiro atoms. The van der Waals surface area contributed by atoms with E-state index in [0.717, 1.165) is 23.3 Å². The van der Waals surface area contributed by atoms with Crippen molar-refractivity contribution in [3.8, 4) is 5.75 Å². The first kappa shape index (κ1) is 31.3. The Bertz CT molecular complexity index is 811. The summed E-state index contributed by atoms with van der Waals surface area (Å²) in [5.41, 5.74) is 5.82. The number of unbranched alkanes of at least 4 members (excludes halogenated alkanes) is 9. The Hall–Kier alpha value is -1.73. The summed E-state index contributed by atoms with van der Waals surface area (Å²) in [7, 11) is 1.70. The number of nitrogens with one attached hydrogen (secondary N) is 2. The number of amides is 2. The van der Waals surface area contributed by atoms with E-state index in [1.807, 2.05) is 27.7 Å². The molecule has 200 valence electrons. The number of anilines is 1. The van der Waals surface area contributed by atoms with Crippen molar-refractivity contribution in [1.82, 2.24) is 10.4 Å². The molecule has 0 saturated heterocycles. The molecular formula is C28H49N3O3S. The minimum atomic E-state index is -0.564. The molecule has 3 N–H and O–H groups in total. The van der Waals surface area contributed by atoms with Gasteiger partial charge in [-0.3, -0.25) is 15.0 Å². The van der Waals surface area contributed by atoms with Crippen molar-refractivity contribution in [2.75, 3.05) is 24.7 Å². The molecule has 6 nitrogen and oxygen atoms in total. The van der Waals surface area contributed by atoms with E-state index in [1.165, 1.54) is 62.8 Å². The second kappa shape index (κ2) is 16.1.